The number of hydrogen-bond donors (Lipinski definition) is 1. The summed E-state index contributed by atoms with van der Waals surface area (Å²) in [4.78, 5) is 38.0. The van der Waals surface area contributed by atoms with Crippen molar-refractivity contribution < 1.29 is 14.4 Å². The molecular weight excluding hydrogens is 316 g/mol. The predicted octanol–water partition coefficient (Wildman–Crippen LogP) is 2.48. The zero-order valence-electron chi connectivity index (χ0n) is 14.1. The number of carbonyl (C=O) groups excluding carboxylic acids is 3. The number of amides is 3. The van der Waals surface area contributed by atoms with Crippen molar-refractivity contribution in [1.29, 1.82) is 0 Å². The summed E-state index contributed by atoms with van der Waals surface area (Å²) in [5.74, 6) is -0.765. The molecule has 0 aromatic heterocycles. The summed E-state index contributed by atoms with van der Waals surface area (Å²) < 4.78 is 0. The van der Waals surface area contributed by atoms with Gasteiger partial charge in [0.05, 0.1) is 12.5 Å². The van der Waals surface area contributed by atoms with Gasteiger partial charge >= 0.3 is 0 Å². The van der Waals surface area contributed by atoms with E-state index in [0.717, 1.165) is 11.1 Å². The predicted molar refractivity (Wildman–Crippen MR) is 93.8 cm³/mol. The number of nitrogens with one attached hydrogen (secondary N) is 1. The third-order valence-corrected chi connectivity index (χ3v) is 4.38. The Labute approximate surface area is 146 Å². The largest absolute Gasteiger partial charge is 0.350 e. The smallest absolute Gasteiger partial charge is 0.260 e. The molecule has 5 nitrogen and oxygen atoms in total. The van der Waals surface area contributed by atoms with Gasteiger partial charge in [-0.3, -0.25) is 19.3 Å². The summed E-state index contributed by atoms with van der Waals surface area (Å²) >= 11 is 0. The van der Waals surface area contributed by atoms with E-state index in [1.807, 2.05) is 43.3 Å². The SMILES string of the molecule is C[C@H](NC(=O)CCN1C(=O)Cc2ccccc2C1=O)c1ccccc1. The molecule has 128 valence electrons. The van der Waals surface area contributed by atoms with Crippen LogP contribution in [0.1, 0.15) is 40.9 Å². The van der Waals surface area contributed by atoms with Crippen molar-refractivity contribution in [3.8, 4) is 0 Å². The maximum atomic E-state index is 12.5. The van der Waals surface area contributed by atoms with Crippen LogP contribution in [0.3, 0.4) is 0 Å². The van der Waals surface area contributed by atoms with Crippen molar-refractivity contribution in [2.75, 3.05) is 6.54 Å². The first-order chi connectivity index (χ1) is 12.1. The molecule has 0 saturated carbocycles. The number of carbonyl (C=O) groups is 3. The van der Waals surface area contributed by atoms with Crippen LogP contribution in [0.5, 0.6) is 0 Å². The molecular formula is C20H20N2O3. The maximum Gasteiger partial charge on any atom is 0.260 e. The Kier molecular flexibility index (Phi) is 4.93. The number of nitrogens with zero attached hydrogens (tertiary/aromatic N) is 1. The van der Waals surface area contributed by atoms with Crippen LogP contribution in [0.15, 0.2) is 54.6 Å². The molecule has 0 unspecified atom stereocenters. The van der Waals surface area contributed by atoms with Crippen LogP contribution in [-0.4, -0.2) is 29.2 Å². The quantitative estimate of drug-likeness (QED) is 0.853. The maximum absolute atomic E-state index is 12.5. The summed E-state index contributed by atoms with van der Waals surface area (Å²) in [5, 5.41) is 2.90. The van der Waals surface area contributed by atoms with Crippen molar-refractivity contribution in [2.45, 2.75) is 25.8 Å². The first kappa shape index (κ1) is 16.9. The monoisotopic (exact) mass is 336 g/mol. The highest BCUT2D eigenvalue weighted by molar-refractivity contribution is 6.09. The van der Waals surface area contributed by atoms with Gasteiger partial charge in [0.15, 0.2) is 0 Å². The van der Waals surface area contributed by atoms with E-state index in [-0.39, 0.29) is 43.1 Å². The summed E-state index contributed by atoms with van der Waals surface area (Å²) in [5.41, 5.74) is 2.30. The lowest BCUT2D eigenvalue weighted by molar-refractivity contribution is -0.129. The third kappa shape index (κ3) is 3.76. The van der Waals surface area contributed by atoms with Crippen molar-refractivity contribution in [1.82, 2.24) is 10.2 Å². The summed E-state index contributed by atoms with van der Waals surface area (Å²) in [6.07, 6.45) is 0.292. The fourth-order valence-corrected chi connectivity index (χ4v) is 2.98. The average Bonchev–Trinajstić information content (AvgIpc) is 2.62. The molecule has 2 aromatic rings. The minimum atomic E-state index is -0.323. The molecule has 0 aliphatic carbocycles. The standard InChI is InChI=1S/C20H20N2O3/c1-14(15-7-3-2-4-8-15)21-18(23)11-12-22-19(24)13-16-9-5-6-10-17(16)20(22)25/h2-10,14H,11-13H2,1H3,(H,21,23)/t14-/m0/s1. The second kappa shape index (κ2) is 7.30. The zero-order valence-corrected chi connectivity index (χ0v) is 14.1. The normalized spacial score (nSPS) is 14.8. The van der Waals surface area contributed by atoms with Gasteiger partial charge in [0.2, 0.25) is 11.8 Å². The van der Waals surface area contributed by atoms with Gasteiger partial charge in [-0.05, 0) is 24.1 Å². The van der Waals surface area contributed by atoms with Crippen molar-refractivity contribution in [3.63, 3.8) is 0 Å². The zero-order chi connectivity index (χ0) is 17.8. The van der Waals surface area contributed by atoms with Gasteiger partial charge < -0.3 is 5.32 Å². The molecule has 3 amide bonds. The topological polar surface area (TPSA) is 66.5 Å². The molecule has 0 spiro atoms. The van der Waals surface area contributed by atoms with Gasteiger partial charge in [-0.2, -0.15) is 0 Å². The van der Waals surface area contributed by atoms with Crippen molar-refractivity contribution >= 4 is 17.7 Å². The summed E-state index contributed by atoms with van der Waals surface area (Å²) in [6, 6.07) is 16.6. The Bertz CT molecular complexity index is 802. The third-order valence-electron chi connectivity index (χ3n) is 4.38. The molecule has 3 rings (SSSR count). The highest BCUT2D eigenvalue weighted by Crippen LogP contribution is 2.20. The van der Waals surface area contributed by atoms with E-state index in [1.165, 1.54) is 4.90 Å². The van der Waals surface area contributed by atoms with E-state index in [9.17, 15) is 14.4 Å². The van der Waals surface area contributed by atoms with Gasteiger partial charge in [0.25, 0.3) is 5.91 Å². The van der Waals surface area contributed by atoms with Crippen LogP contribution in [-0.2, 0) is 16.0 Å². The van der Waals surface area contributed by atoms with Crippen LogP contribution in [0.25, 0.3) is 0 Å². The summed E-state index contributed by atoms with van der Waals surface area (Å²) in [7, 11) is 0. The Balaban J connectivity index is 1.59. The second-order valence-electron chi connectivity index (χ2n) is 6.13. The highest BCUT2D eigenvalue weighted by atomic mass is 16.2. The van der Waals surface area contributed by atoms with Gasteiger partial charge in [-0.15, -0.1) is 0 Å². The number of hydrogen-bond acceptors (Lipinski definition) is 3. The molecule has 1 aliphatic heterocycles. The molecule has 1 atom stereocenters. The van der Waals surface area contributed by atoms with Crippen LogP contribution in [0.2, 0.25) is 0 Å². The first-order valence-electron chi connectivity index (χ1n) is 8.33. The van der Waals surface area contributed by atoms with Gasteiger partial charge in [0, 0.05) is 18.5 Å². The Morgan fingerprint density at radius 1 is 1.08 bits per heavy atom. The number of rotatable bonds is 5. The van der Waals surface area contributed by atoms with E-state index in [0.29, 0.717) is 5.56 Å². The minimum absolute atomic E-state index is 0.0941. The Morgan fingerprint density at radius 2 is 1.76 bits per heavy atom. The van der Waals surface area contributed by atoms with E-state index in [1.54, 1.807) is 18.2 Å². The van der Waals surface area contributed by atoms with E-state index >= 15 is 0 Å². The van der Waals surface area contributed by atoms with Gasteiger partial charge in [0.1, 0.15) is 0 Å². The average molecular weight is 336 g/mol. The van der Waals surface area contributed by atoms with Crippen molar-refractivity contribution in [3.05, 3.63) is 71.3 Å². The van der Waals surface area contributed by atoms with Crippen LogP contribution >= 0.6 is 0 Å². The first-order valence-corrected chi connectivity index (χ1v) is 8.33. The fraction of sp³-hybridized carbons (Fsp3) is 0.250. The lowest BCUT2D eigenvalue weighted by atomic mass is 9.98. The molecule has 1 heterocycles. The molecule has 25 heavy (non-hydrogen) atoms. The lowest BCUT2D eigenvalue weighted by Crippen LogP contribution is -2.44. The molecule has 5 heteroatoms. The molecule has 0 fully saturated rings. The van der Waals surface area contributed by atoms with Gasteiger partial charge in [-0.1, -0.05) is 48.5 Å². The summed E-state index contributed by atoms with van der Waals surface area (Å²) in [6.45, 7) is 2.00. The van der Waals surface area contributed by atoms with E-state index < -0.39 is 0 Å². The van der Waals surface area contributed by atoms with Crippen LogP contribution in [0.4, 0.5) is 0 Å². The molecule has 2 aromatic carbocycles. The number of imide groups is 1. The molecule has 0 radical (unpaired) electrons. The minimum Gasteiger partial charge on any atom is -0.350 e. The van der Waals surface area contributed by atoms with Crippen LogP contribution < -0.4 is 5.32 Å². The molecule has 0 saturated heterocycles. The number of fused-ring (bicyclic) bond motifs is 1. The van der Waals surface area contributed by atoms with E-state index in [2.05, 4.69) is 5.32 Å². The van der Waals surface area contributed by atoms with Crippen molar-refractivity contribution in [2.24, 2.45) is 0 Å². The van der Waals surface area contributed by atoms with E-state index in [4.69, 9.17) is 0 Å². The van der Waals surface area contributed by atoms with Crippen LogP contribution in [0, 0.1) is 0 Å². The number of benzene rings is 2. The Hall–Kier alpha value is -2.95. The highest BCUT2D eigenvalue weighted by Gasteiger charge is 2.30. The van der Waals surface area contributed by atoms with Gasteiger partial charge in [-0.25, -0.2) is 0 Å². The second-order valence-corrected chi connectivity index (χ2v) is 6.13. The lowest BCUT2D eigenvalue weighted by Gasteiger charge is -2.26. The fourth-order valence-electron chi connectivity index (χ4n) is 2.98. The molecule has 1 aliphatic rings. The molecule has 0 bridgehead atoms. The Morgan fingerprint density at radius 3 is 2.52 bits per heavy atom. The molecule has 1 N–H and O–H groups in total.